The van der Waals surface area contributed by atoms with Crippen LogP contribution in [0.2, 0.25) is 10.3 Å². The maximum Gasteiger partial charge on any atom is 0.255 e. The second kappa shape index (κ2) is 7.24. The highest BCUT2D eigenvalue weighted by Crippen LogP contribution is 2.17. The van der Waals surface area contributed by atoms with Crippen LogP contribution in [0.25, 0.3) is 0 Å². The molecule has 1 aromatic heterocycles. The van der Waals surface area contributed by atoms with Crippen molar-refractivity contribution in [3.05, 3.63) is 57.8 Å². The third-order valence-corrected chi connectivity index (χ3v) is 3.41. The Bertz CT molecular complexity index is 720. The van der Waals surface area contributed by atoms with E-state index < -0.39 is 5.91 Å². The molecule has 0 aliphatic heterocycles. The number of hydrogen-bond donors (Lipinski definition) is 2. The summed E-state index contributed by atoms with van der Waals surface area (Å²) in [6, 6.07) is 9.24. The van der Waals surface area contributed by atoms with E-state index >= 15 is 0 Å². The van der Waals surface area contributed by atoms with Gasteiger partial charge in [-0.1, -0.05) is 41.4 Å². The number of benzene rings is 1. The molecule has 0 unspecified atom stereocenters. The molecule has 0 spiro atoms. The Hall–Kier alpha value is -2.11. The van der Waals surface area contributed by atoms with Gasteiger partial charge in [-0.05, 0) is 23.8 Å². The number of ketones is 1. The highest BCUT2D eigenvalue weighted by Gasteiger charge is 2.13. The number of phenols is 1. The van der Waals surface area contributed by atoms with Gasteiger partial charge in [0.1, 0.15) is 16.1 Å². The van der Waals surface area contributed by atoms with Crippen LogP contribution in [0.5, 0.6) is 5.75 Å². The minimum absolute atomic E-state index is 0.0318. The molecule has 0 aliphatic carbocycles. The number of nitrogens with one attached hydrogen (secondary N) is 1. The second-order valence-corrected chi connectivity index (χ2v) is 5.24. The number of para-hydroxylation sites is 1. The smallest absolute Gasteiger partial charge is 0.255 e. The van der Waals surface area contributed by atoms with E-state index in [0.717, 1.165) is 0 Å². The first-order valence-corrected chi connectivity index (χ1v) is 7.12. The van der Waals surface area contributed by atoms with E-state index in [0.29, 0.717) is 5.56 Å². The molecular formula is C15H12Cl2N2O3. The van der Waals surface area contributed by atoms with Gasteiger partial charge in [-0.2, -0.15) is 0 Å². The average molecular weight is 339 g/mol. The zero-order valence-corrected chi connectivity index (χ0v) is 12.9. The van der Waals surface area contributed by atoms with Crippen LogP contribution in [0.4, 0.5) is 0 Å². The number of carbonyl (C=O) groups excluding carboxylic acids is 2. The summed E-state index contributed by atoms with van der Waals surface area (Å²) in [4.78, 5) is 27.6. The predicted molar refractivity (Wildman–Crippen MR) is 83.4 cm³/mol. The molecule has 7 heteroatoms. The van der Waals surface area contributed by atoms with E-state index in [9.17, 15) is 14.7 Å². The number of carbonyl (C=O) groups is 2. The van der Waals surface area contributed by atoms with Crippen LogP contribution in [0.1, 0.15) is 15.9 Å². The number of aromatic hydroxyl groups is 1. The van der Waals surface area contributed by atoms with Crippen LogP contribution in [-0.2, 0) is 11.2 Å². The number of amides is 1. The van der Waals surface area contributed by atoms with Gasteiger partial charge < -0.3 is 10.4 Å². The Kier molecular flexibility index (Phi) is 5.35. The summed E-state index contributed by atoms with van der Waals surface area (Å²) < 4.78 is 0. The molecule has 0 aliphatic rings. The van der Waals surface area contributed by atoms with Crippen molar-refractivity contribution >= 4 is 34.9 Å². The number of Topliss-reactive ketones (excluding diaryl/α,β-unsaturated/α-hetero) is 1. The first kappa shape index (κ1) is 16.3. The van der Waals surface area contributed by atoms with Gasteiger partial charge in [0.05, 0.1) is 12.1 Å². The molecule has 1 aromatic carbocycles. The van der Waals surface area contributed by atoms with E-state index in [4.69, 9.17) is 23.2 Å². The third-order valence-electron chi connectivity index (χ3n) is 2.87. The zero-order valence-electron chi connectivity index (χ0n) is 11.3. The number of halogens is 2. The fourth-order valence-electron chi connectivity index (χ4n) is 1.79. The lowest BCUT2D eigenvalue weighted by Crippen LogP contribution is -2.30. The van der Waals surface area contributed by atoms with Crippen molar-refractivity contribution in [2.75, 3.05) is 6.54 Å². The van der Waals surface area contributed by atoms with Crippen LogP contribution in [-0.4, -0.2) is 28.3 Å². The van der Waals surface area contributed by atoms with Gasteiger partial charge in [0.15, 0.2) is 5.78 Å². The standard InChI is InChI=1S/C15H12Cl2N2O3/c16-13-6-5-9(14(17)19-13)7-10(20)8-18-15(22)11-3-1-2-4-12(11)21/h1-6,21H,7-8H2,(H,18,22). The molecule has 0 saturated carbocycles. The summed E-state index contributed by atoms with van der Waals surface area (Å²) in [5, 5.41) is 12.4. The Morgan fingerprint density at radius 1 is 1.14 bits per heavy atom. The number of rotatable bonds is 5. The molecule has 0 bridgehead atoms. The maximum atomic E-state index is 11.9. The Morgan fingerprint density at radius 3 is 2.55 bits per heavy atom. The molecule has 0 saturated heterocycles. The molecule has 2 aromatic rings. The summed E-state index contributed by atoms with van der Waals surface area (Å²) in [6.07, 6.45) is 0.0318. The minimum atomic E-state index is -0.522. The van der Waals surface area contributed by atoms with Gasteiger partial charge in [-0.25, -0.2) is 4.98 Å². The number of pyridine rings is 1. The monoisotopic (exact) mass is 338 g/mol. The molecule has 1 heterocycles. The number of hydrogen-bond acceptors (Lipinski definition) is 4. The second-order valence-electron chi connectivity index (χ2n) is 4.50. The summed E-state index contributed by atoms with van der Waals surface area (Å²) in [5.41, 5.74) is 0.648. The van der Waals surface area contributed by atoms with E-state index in [1.807, 2.05) is 0 Å². The first-order chi connectivity index (χ1) is 10.5. The molecule has 2 rings (SSSR count). The van der Waals surface area contributed by atoms with E-state index in [2.05, 4.69) is 10.3 Å². The van der Waals surface area contributed by atoms with Crippen molar-refractivity contribution < 1.29 is 14.7 Å². The predicted octanol–water partition coefficient (Wildman–Crippen LogP) is 2.64. The van der Waals surface area contributed by atoms with Crippen molar-refractivity contribution in [2.24, 2.45) is 0 Å². The lowest BCUT2D eigenvalue weighted by Gasteiger charge is -2.07. The Balaban J connectivity index is 1.93. The van der Waals surface area contributed by atoms with Gasteiger partial charge in [-0.3, -0.25) is 9.59 Å². The first-order valence-electron chi connectivity index (χ1n) is 6.36. The van der Waals surface area contributed by atoms with Crippen LogP contribution < -0.4 is 5.32 Å². The fourth-order valence-corrected chi connectivity index (χ4v) is 2.20. The van der Waals surface area contributed by atoms with Crippen molar-refractivity contribution in [3.63, 3.8) is 0 Å². The number of nitrogens with zero attached hydrogens (tertiary/aromatic N) is 1. The lowest BCUT2D eigenvalue weighted by atomic mass is 10.1. The molecule has 22 heavy (non-hydrogen) atoms. The molecule has 2 N–H and O–H groups in total. The van der Waals surface area contributed by atoms with Gasteiger partial charge in [-0.15, -0.1) is 0 Å². The molecular weight excluding hydrogens is 327 g/mol. The van der Waals surface area contributed by atoms with Crippen LogP contribution in [0.3, 0.4) is 0 Å². The summed E-state index contributed by atoms with van der Waals surface area (Å²) in [7, 11) is 0. The van der Waals surface area contributed by atoms with Gasteiger partial charge in [0.2, 0.25) is 0 Å². The average Bonchev–Trinajstić information content (AvgIpc) is 2.48. The molecule has 114 valence electrons. The van der Waals surface area contributed by atoms with Crippen molar-refractivity contribution in [3.8, 4) is 5.75 Å². The van der Waals surface area contributed by atoms with E-state index in [1.54, 1.807) is 18.2 Å². The topological polar surface area (TPSA) is 79.3 Å². The molecule has 0 fully saturated rings. The quantitative estimate of drug-likeness (QED) is 0.821. The SMILES string of the molecule is O=C(CNC(=O)c1ccccc1O)Cc1ccc(Cl)nc1Cl. The highest BCUT2D eigenvalue weighted by atomic mass is 35.5. The number of phenolic OH excluding ortho intramolecular Hbond substituents is 1. The van der Waals surface area contributed by atoms with Crippen LogP contribution >= 0.6 is 23.2 Å². The van der Waals surface area contributed by atoms with Crippen molar-refractivity contribution in [2.45, 2.75) is 6.42 Å². The maximum absolute atomic E-state index is 11.9. The lowest BCUT2D eigenvalue weighted by molar-refractivity contribution is -0.117. The summed E-state index contributed by atoms with van der Waals surface area (Å²) in [6.45, 7) is -0.174. The normalized spacial score (nSPS) is 10.3. The molecule has 1 amide bonds. The molecule has 0 atom stereocenters. The van der Waals surface area contributed by atoms with Gasteiger partial charge in [0, 0.05) is 6.42 Å². The summed E-state index contributed by atoms with van der Waals surface area (Å²) >= 11 is 11.6. The highest BCUT2D eigenvalue weighted by molar-refractivity contribution is 6.33. The van der Waals surface area contributed by atoms with Crippen molar-refractivity contribution in [1.82, 2.24) is 10.3 Å². The fraction of sp³-hybridized carbons (Fsp3) is 0.133. The van der Waals surface area contributed by atoms with Crippen molar-refractivity contribution in [1.29, 1.82) is 0 Å². The molecule has 5 nitrogen and oxygen atoms in total. The van der Waals surface area contributed by atoms with E-state index in [-0.39, 0.29) is 40.4 Å². The Morgan fingerprint density at radius 2 is 1.86 bits per heavy atom. The van der Waals surface area contributed by atoms with Crippen LogP contribution in [0.15, 0.2) is 36.4 Å². The minimum Gasteiger partial charge on any atom is -0.507 e. The van der Waals surface area contributed by atoms with Gasteiger partial charge in [0.25, 0.3) is 5.91 Å². The third kappa shape index (κ3) is 4.19. The Labute approximate surface area is 136 Å². The van der Waals surface area contributed by atoms with Gasteiger partial charge >= 0.3 is 0 Å². The number of aromatic nitrogens is 1. The molecule has 0 radical (unpaired) electrons. The summed E-state index contributed by atoms with van der Waals surface area (Å²) in [5.74, 6) is -0.904. The van der Waals surface area contributed by atoms with Crippen LogP contribution in [0, 0.1) is 0 Å². The zero-order chi connectivity index (χ0) is 16.1. The largest absolute Gasteiger partial charge is 0.507 e. The van der Waals surface area contributed by atoms with E-state index in [1.165, 1.54) is 18.2 Å².